The molecular weight excluding hydrogens is 300 g/mol. The summed E-state index contributed by atoms with van der Waals surface area (Å²) in [6.45, 7) is 2.24. The Kier molecular flexibility index (Phi) is 4.96. The van der Waals surface area contributed by atoms with Crippen molar-refractivity contribution in [2.45, 2.75) is 19.4 Å². The van der Waals surface area contributed by atoms with Gasteiger partial charge in [-0.05, 0) is 42.8 Å². The maximum Gasteiger partial charge on any atom is 0.120 e. The molecule has 1 aromatic heterocycles. The zero-order chi connectivity index (χ0) is 16.9. The fraction of sp³-hybridized carbons (Fsp3) is 0.250. The van der Waals surface area contributed by atoms with Crippen molar-refractivity contribution >= 4 is 16.6 Å². The first kappa shape index (κ1) is 16.3. The molecule has 24 heavy (non-hydrogen) atoms. The van der Waals surface area contributed by atoms with Crippen LogP contribution in [0.25, 0.3) is 22.2 Å². The van der Waals surface area contributed by atoms with Gasteiger partial charge >= 0.3 is 0 Å². The number of pyridine rings is 1. The molecule has 0 fully saturated rings. The molecule has 0 aliphatic carbocycles. The highest BCUT2D eigenvalue weighted by Crippen LogP contribution is 2.25. The molecule has 3 aromatic rings. The standard InChI is InChI=1S/C20H22N2O2/c1-3-17(23)13-24-18-9-11-20-15(12-18)6-10-19(22-20)14-4-7-16(21-2)8-5-14/h4-12,17,21,23H,3,13H2,1-2H3/t17-/m1/s1. The summed E-state index contributed by atoms with van der Waals surface area (Å²) < 4.78 is 5.62. The van der Waals surface area contributed by atoms with E-state index in [-0.39, 0.29) is 0 Å². The summed E-state index contributed by atoms with van der Waals surface area (Å²) in [4.78, 5) is 4.73. The Labute approximate surface area is 142 Å². The Bertz CT molecular complexity index is 815. The molecule has 0 radical (unpaired) electrons. The first-order valence-corrected chi connectivity index (χ1v) is 8.19. The van der Waals surface area contributed by atoms with E-state index in [4.69, 9.17) is 9.72 Å². The van der Waals surface area contributed by atoms with Crippen LogP contribution in [0.1, 0.15) is 13.3 Å². The van der Waals surface area contributed by atoms with Gasteiger partial charge in [0.25, 0.3) is 0 Å². The summed E-state index contributed by atoms with van der Waals surface area (Å²) in [6, 6.07) is 18.1. The second-order valence-electron chi connectivity index (χ2n) is 5.75. The third-order valence-electron chi connectivity index (χ3n) is 4.04. The van der Waals surface area contributed by atoms with Crippen LogP contribution in [0.2, 0.25) is 0 Å². The van der Waals surface area contributed by atoms with Crippen molar-refractivity contribution in [2.24, 2.45) is 0 Å². The average molecular weight is 322 g/mol. The highest BCUT2D eigenvalue weighted by Gasteiger charge is 2.05. The van der Waals surface area contributed by atoms with Crippen LogP contribution >= 0.6 is 0 Å². The third-order valence-corrected chi connectivity index (χ3v) is 4.04. The van der Waals surface area contributed by atoms with Gasteiger partial charge in [0.15, 0.2) is 0 Å². The van der Waals surface area contributed by atoms with Gasteiger partial charge in [-0.3, -0.25) is 0 Å². The number of benzene rings is 2. The SMILES string of the molecule is CC[C@@H](O)COc1ccc2nc(-c3ccc(NC)cc3)ccc2c1. The van der Waals surface area contributed by atoms with Crippen LogP contribution in [0.4, 0.5) is 5.69 Å². The zero-order valence-electron chi connectivity index (χ0n) is 14.0. The van der Waals surface area contributed by atoms with E-state index < -0.39 is 6.10 Å². The number of fused-ring (bicyclic) bond motifs is 1. The molecule has 0 aliphatic heterocycles. The second-order valence-corrected chi connectivity index (χ2v) is 5.75. The van der Waals surface area contributed by atoms with Crippen LogP contribution in [0, 0.1) is 0 Å². The van der Waals surface area contributed by atoms with Gasteiger partial charge in [0.05, 0.1) is 17.3 Å². The largest absolute Gasteiger partial charge is 0.491 e. The van der Waals surface area contributed by atoms with Gasteiger partial charge in [-0.2, -0.15) is 0 Å². The average Bonchev–Trinajstić information content (AvgIpc) is 2.65. The third kappa shape index (κ3) is 3.66. The quantitative estimate of drug-likeness (QED) is 0.717. The van der Waals surface area contributed by atoms with E-state index in [9.17, 15) is 5.11 Å². The minimum atomic E-state index is -0.429. The Balaban J connectivity index is 1.83. The van der Waals surface area contributed by atoms with Crippen molar-refractivity contribution in [2.75, 3.05) is 19.0 Å². The number of hydrogen-bond acceptors (Lipinski definition) is 4. The van der Waals surface area contributed by atoms with Gasteiger partial charge in [-0.1, -0.05) is 25.1 Å². The lowest BCUT2D eigenvalue weighted by atomic mass is 10.1. The Morgan fingerprint density at radius 1 is 1.08 bits per heavy atom. The van der Waals surface area contributed by atoms with Crippen LogP contribution in [-0.4, -0.2) is 29.8 Å². The predicted molar refractivity (Wildman–Crippen MR) is 98.5 cm³/mol. The molecule has 3 rings (SSSR count). The molecule has 1 atom stereocenters. The Hall–Kier alpha value is -2.59. The number of aliphatic hydroxyl groups is 1. The number of anilines is 1. The summed E-state index contributed by atoms with van der Waals surface area (Å²) in [7, 11) is 1.91. The fourth-order valence-corrected chi connectivity index (χ4v) is 2.47. The fourth-order valence-electron chi connectivity index (χ4n) is 2.47. The predicted octanol–water partition coefficient (Wildman–Crippen LogP) is 4.09. The maximum atomic E-state index is 9.59. The van der Waals surface area contributed by atoms with Crippen molar-refractivity contribution in [1.82, 2.24) is 4.98 Å². The van der Waals surface area contributed by atoms with Gasteiger partial charge in [0, 0.05) is 23.7 Å². The molecular formula is C20H22N2O2. The smallest absolute Gasteiger partial charge is 0.120 e. The van der Waals surface area contributed by atoms with Crippen LogP contribution in [0.15, 0.2) is 54.6 Å². The normalized spacial score (nSPS) is 12.1. The molecule has 4 nitrogen and oxygen atoms in total. The topological polar surface area (TPSA) is 54.4 Å². The van der Waals surface area contributed by atoms with E-state index in [1.807, 2.05) is 56.4 Å². The van der Waals surface area contributed by atoms with Crippen molar-refractivity contribution in [3.05, 3.63) is 54.6 Å². The molecule has 0 saturated heterocycles. The molecule has 0 spiro atoms. The highest BCUT2D eigenvalue weighted by molar-refractivity contribution is 5.83. The van der Waals surface area contributed by atoms with E-state index in [0.29, 0.717) is 13.0 Å². The molecule has 2 aromatic carbocycles. The van der Waals surface area contributed by atoms with Crippen LogP contribution < -0.4 is 10.1 Å². The summed E-state index contributed by atoms with van der Waals surface area (Å²) in [5.41, 5.74) is 4.03. The molecule has 0 unspecified atom stereocenters. The lowest BCUT2D eigenvalue weighted by Crippen LogP contribution is -2.15. The summed E-state index contributed by atoms with van der Waals surface area (Å²) in [5, 5.41) is 13.7. The number of nitrogens with one attached hydrogen (secondary N) is 1. The molecule has 1 heterocycles. The maximum absolute atomic E-state index is 9.59. The highest BCUT2D eigenvalue weighted by atomic mass is 16.5. The van der Waals surface area contributed by atoms with Gasteiger partial charge in [-0.25, -0.2) is 4.98 Å². The lowest BCUT2D eigenvalue weighted by molar-refractivity contribution is 0.104. The molecule has 0 amide bonds. The van der Waals surface area contributed by atoms with Crippen LogP contribution in [-0.2, 0) is 0 Å². The molecule has 2 N–H and O–H groups in total. The minimum absolute atomic E-state index is 0.311. The molecule has 4 heteroatoms. The first-order chi connectivity index (χ1) is 11.7. The Morgan fingerprint density at radius 2 is 1.88 bits per heavy atom. The molecule has 0 aliphatic rings. The number of hydrogen-bond donors (Lipinski definition) is 2. The first-order valence-electron chi connectivity index (χ1n) is 8.19. The molecule has 0 saturated carbocycles. The van der Waals surface area contributed by atoms with E-state index >= 15 is 0 Å². The minimum Gasteiger partial charge on any atom is -0.491 e. The molecule has 0 bridgehead atoms. The number of rotatable bonds is 6. The number of aliphatic hydroxyl groups excluding tert-OH is 1. The van der Waals surface area contributed by atoms with E-state index in [1.165, 1.54) is 0 Å². The lowest BCUT2D eigenvalue weighted by Gasteiger charge is -2.11. The second kappa shape index (κ2) is 7.32. The van der Waals surface area contributed by atoms with Crippen molar-refractivity contribution in [3.63, 3.8) is 0 Å². The van der Waals surface area contributed by atoms with E-state index in [0.717, 1.165) is 33.6 Å². The van der Waals surface area contributed by atoms with Crippen molar-refractivity contribution in [1.29, 1.82) is 0 Å². The Morgan fingerprint density at radius 3 is 2.58 bits per heavy atom. The molecule has 124 valence electrons. The number of aromatic nitrogens is 1. The van der Waals surface area contributed by atoms with E-state index in [1.54, 1.807) is 0 Å². The van der Waals surface area contributed by atoms with Crippen molar-refractivity contribution in [3.8, 4) is 17.0 Å². The number of ether oxygens (including phenoxy) is 1. The van der Waals surface area contributed by atoms with Crippen molar-refractivity contribution < 1.29 is 9.84 Å². The van der Waals surface area contributed by atoms with Gasteiger partial charge < -0.3 is 15.2 Å². The van der Waals surface area contributed by atoms with E-state index in [2.05, 4.69) is 17.4 Å². The van der Waals surface area contributed by atoms with Gasteiger partial charge in [-0.15, -0.1) is 0 Å². The van der Waals surface area contributed by atoms with Gasteiger partial charge in [0.2, 0.25) is 0 Å². The summed E-state index contributed by atoms with van der Waals surface area (Å²) in [5.74, 6) is 0.753. The summed E-state index contributed by atoms with van der Waals surface area (Å²) in [6.07, 6.45) is 0.256. The number of nitrogens with zero attached hydrogens (tertiary/aromatic N) is 1. The zero-order valence-corrected chi connectivity index (χ0v) is 14.0. The van der Waals surface area contributed by atoms with Crippen LogP contribution in [0.3, 0.4) is 0 Å². The summed E-state index contributed by atoms with van der Waals surface area (Å²) >= 11 is 0. The monoisotopic (exact) mass is 322 g/mol. The van der Waals surface area contributed by atoms with Gasteiger partial charge in [0.1, 0.15) is 12.4 Å². The van der Waals surface area contributed by atoms with Crippen LogP contribution in [0.5, 0.6) is 5.75 Å².